The molecule has 2 atom stereocenters. The van der Waals surface area contributed by atoms with Crippen molar-refractivity contribution in [2.24, 2.45) is 0 Å². The quantitative estimate of drug-likeness (QED) is 0.895. The van der Waals surface area contributed by atoms with E-state index in [1.54, 1.807) is 25.3 Å². The van der Waals surface area contributed by atoms with Crippen molar-refractivity contribution in [1.29, 1.82) is 0 Å². The standard InChI is InChI=1S/C16H16FNO/c1-10-4-5-12(9-14(10)17)16(19)13-7-6-11-3-2-8-18-15(11)13/h2-5,8-9,13,16,19H,6-7H2,1H3. The fourth-order valence-electron chi connectivity index (χ4n) is 2.78. The molecule has 0 aliphatic heterocycles. The topological polar surface area (TPSA) is 33.1 Å². The van der Waals surface area contributed by atoms with E-state index in [-0.39, 0.29) is 11.7 Å². The molecule has 0 saturated heterocycles. The largest absolute Gasteiger partial charge is 0.388 e. The summed E-state index contributed by atoms with van der Waals surface area (Å²) in [5.74, 6) is -0.297. The fourth-order valence-corrected chi connectivity index (χ4v) is 2.78. The summed E-state index contributed by atoms with van der Waals surface area (Å²) in [5, 5.41) is 10.5. The van der Waals surface area contributed by atoms with Gasteiger partial charge >= 0.3 is 0 Å². The van der Waals surface area contributed by atoms with Crippen LogP contribution in [0, 0.1) is 12.7 Å². The number of nitrogens with zero attached hydrogens (tertiary/aromatic N) is 1. The summed E-state index contributed by atoms with van der Waals surface area (Å²) >= 11 is 0. The molecule has 1 aromatic heterocycles. The monoisotopic (exact) mass is 257 g/mol. The Morgan fingerprint density at radius 1 is 1.37 bits per heavy atom. The van der Waals surface area contributed by atoms with Gasteiger partial charge in [-0.1, -0.05) is 18.2 Å². The zero-order chi connectivity index (χ0) is 13.4. The Kier molecular flexibility index (Phi) is 3.07. The predicted octanol–water partition coefficient (Wildman–Crippen LogP) is 3.29. The minimum absolute atomic E-state index is 0.0293. The molecule has 2 nitrogen and oxygen atoms in total. The summed E-state index contributed by atoms with van der Waals surface area (Å²) in [6.45, 7) is 1.72. The molecule has 3 heteroatoms. The normalized spacial score (nSPS) is 19.2. The first-order valence-electron chi connectivity index (χ1n) is 6.54. The summed E-state index contributed by atoms with van der Waals surface area (Å²) in [4.78, 5) is 4.37. The smallest absolute Gasteiger partial charge is 0.126 e. The molecule has 2 unspecified atom stereocenters. The van der Waals surface area contributed by atoms with Crippen LogP contribution in [0.15, 0.2) is 36.5 Å². The maximum absolute atomic E-state index is 13.6. The lowest BCUT2D eigenvalue weighted by molar-refractivity contribution is 0.143. The first kappa shape index (κ1) is 12.3. The van der Waals surface area contributed by atoms with E-state index < -0.39 is 6.10 Å². The van der Waals surface area contributed by atoms with E-state index in [4.69, 9.17) is 0 Å². The van der Waals surface area contributed by atoms with Gasteiger partial charge < -0.3 is 5.11 Å². The van der Waals surface area contributed by atoms with E-state index in [0.29, 0.717) is 11.1 Å². The molecule has 0 radical (unpaired) electrons. The van der Waals surface area contributed by atoms with Crippen molar-refractivity contribution in [3.63, 3.8) is 0 Å². The molecule has 2 aromatic rings. The van der Waals surface area contributed by atoms with Crippen LogP contribution in [0.3, 0.4) is 0 Å². The number of benzene rings is 1. The second-order valence-electron chi connectivity index (χ2n) is 5.15. The number of halogens is 1. The van der Waals surface area contributed by atoms with Crippen molar-refractivity contribution in [2.45, 2.75) is 31.8 Å². The predicted molar refractivity (Wildman–Crippen MR) is 71.4 cm³/mol. The van der Waals surface area contributed by atoms with Crippen LogP contribution < -0.4 is 0 Å². The van der Waals surface area contributed by atoms with Crippen LogP contribution in [0.25, 0.3) is 0 Å². The van der Waals surface area contributed by atoms with Gasteiger partial charge in [-0.05, 0) is 48.6 Å². The highest BCUT2D eigenvalue weighted by atomic mass is 19.1. The average molecular weight is 257 g/mol. The average Bonchev–Trinajstić information content (AvgIpc) is 2.85. The van der Waals surface area contributed by atoms with Gasteiger partial charge in [-0.2, -0.15) is 0 Å². The van der Waals surface area contributed by atoms with Crippen LogP contribution in [-0.4, -0.2) is 10.1 Å². The minimum Gasteiger partial charge on any atom is -0.388 e. The molecular weight excluding hydrogens is 241 g/mol. The molecule has 19 heavy (non-hydrogen) atoms. The van der Waals surface area contributed by atoms with Gasteiger partial charge in [0.2, 0.25) is 0 Å². The fraction of sp³-hybridized carbons (Fsp3) is 0.312. The van der Waals surface area contributed by atoms with Gasteiger partial charge in [0, 0.05) is 17.8 Å². The molecule has 98 valence electrons. The van der Waals surface area contributed by atoms with Crippen molar-refractivity contribution in [1.82, 2.24) is 4.98 Å². The molecule has 0 amide bonds. The van der Waals surface area contributed by atoms with Gasteiger partial charge in [-0.25, -0.2) is 4.39 Å². The van der Waals surface area contributed by atoms with E-state index in [1.807, 2.05) is 12.1 Å². The molecule has 0 fully saturated rings. The molecule has 0 bridgehead atoms. The summed E-state index contributed by atoms with van der Waals surface area (Å²) in [6.07, 6.45) is 2.85. The van der Waals surface area contributed by atoms with Crippen molar-refractivity contribution < 1.29 is 9.50 Å². The summed E-state index contributed by atoms with van der Waals surface area (Å²) in [7, 11) is 0. The highest BCUT2D eigenvalue weighted by molar-refractivity contribution is 5.33. The zero-order valence-corrected chi connectivity index (χ0v) is 10.8. The highest BCUT2D eigenvalue weighted by Gasteiger charge is 2.30. The van der Waals surface area contributed by atoms with Gasteiger partial charge in [0.15, 0.2) is 0 Å². The molecule has 1 N–H and O–H groups in total. The second-order valence-corrected chi connectivity index (χ2v) is 5.15. The Balaban J connectivity index is 1.93. The number of hydrogen-bond donors (Lipinski definition) is 1. The van der Waals surface area contributed by atoms with E-state index in [0.717, 1.165) is 18.5 Å². The van der Waals surface area contributed by atoms with E-state index in [2.05, 4.69) is 4.98 Å². The van der Waals surface area contributed by atoms with Gasteiger partial charge in [0.05, 0.1) is 6.10 Å². The van der Waals surface area contributed by atoms with Crippen molar-refractivity contribution in [2.75, 3.05) is 0 Å². The Hall–Kier alpha value is -1.74. The Morgan fingerprint density at radius 3 is 3.00 bits per heavy atom. The number of aliphatic hydroxyl groups excluding tert-OH is 1. The highest BCUT2D eigenvalue weighted by Crippen LogP contribution is 2.40. The van der Waals surface area contributed by atoms with Crippen LogP contribution in [0.2, 0.25) is 0 Å². The lowest BCUT2D eigenvalue weighted by Crippen LogP contribution is -2.10. The summed E-state index contributed by atoms with van der Waals surface area (Å²) in [6, 6.07) is 8.90. The van der Waals surface area contributed by atoms with Crippen LogP contribution in [-0.2, 0) is 6.42 Å². The zero-order valence-electron chi connectivity index (χ0n) is 10.8. The number of fused-ring (bicyclic) bond motifs is 1. The number of aromatic nitrogens is 1. The third kappa shape index (κ3) is 2.15. The van der Waals surface area contributed by atoms with Crippen molar-refractivity contribution in [3.05, 3.63) is 64.7 Å². The molecule has 1 aromatic carbocycles. The number of pyridine rings is 1. The maximum atomic E-state index is 13.6. The summed E-state index contributed by atoms with van der Waals surface area (Å²) in [5.41, 5.74) is 3.38. The maximum Gasteiger partial charge on any atom is 0.126 e. The van der Waals surface area contributed by atoms with E-state index in [1.165, 1.54) is 11.6 Å². The Bertz CT molecular complexity index is 611. The van der Waals surface area contributed by atoms with Crippen LogP contribution >= 0.6 is 0 Å². The van der Waals surface area contributed by atoms with Crippen LogP contribution in [0.4, 0.5) is 4.39 Å². The van der Waals surface area contributed by atoms with Gasteiger partial charge in [0.25, 0.3) is 0 Å². The minimum atomic E-state index is -0.689. The Labute approximate surface area is 111 Å². The van der Waals surface area contributed by atoms with Gasteiger partial charge in [-0.15, -0.1) is 0 Å². The number of hydrogen-bond acceptors (Lipinski definition) is 2. The number of aliphatic hydroxyl groups is 1. The molecule has 3 rings (SSSR count). The van der Waals surface area contributed by atoms with E-state index >= 15 is 0 Å². The van der Waals surface area contributed by atoms with Crippen LogP contribution in [0.1, 0.15) is 40.8 Å². The lowest BCUT2D eigenvalue weighted by atomic mass is 9.93. The SMILES string of the molecule is Cc1ccc(C(O)C2CCc3cccnc32)cc1F. The third-order valence-corrected chi connectivity index (χ3v) is 3.92. The lowest BCUT2D eigenvalue weighted by Gasteiger charge is -2.19. The van der Waals surface area contributed by atoms with Gasteiger partial charge in [-0.3, -0.25) is 4.98 Å². The van der Waals surface area contributed by atoms with E-state index in [9.17, 15) is 9.50 Å². The molecular formula is C16H16FNO. The third-order valence-electron chi connectivity index (χ3n) is 3.92. The first-order valence-corrected chi connectivity index (χ1v) is 6.54. The second kappa shape index (κ2) is 4.74. The molecule has 1 heterocycles. The molecule has 0 saturated carbocycles. The Morgan fingerprint density at radius 2 is 2.21 bits per heavy atom. The molecule has 1 aliphatic rings. The molecule has 1 aliphatic carbocycles. The number of rotatable bonds is 2. The first-order chi connectivity index (χ1) is 9.16. The van der Waals surface area contributed by atoms with Crippen molar-refractivity contribution >= 4 is 0 Å². The van der Waals surface area contributed by atoms with Crippen LogP contribution in [0.5, 0.6) is 0 Å². The number of aryl methyl sites for hydroxylation is 2. The van der Waals surface area contributed by atoms with Crippen molar-refractivity contribution in [3.8, 4) is 0 Å². The van der Waals surface area contributed by atoms with Gasteiger partial charge in [0.1, 0.15) is 5.82 Å². The molecule has 0 spiro atoms. The summed E-state index contributed by atoms with van der Waals surface area (Å²) < 4.78 is 13.6.